The fourth-order valence-electron chi connectivity index (χ4n) is 1.81. The van der Waals surface area contributed by atoms with Crippen LogP contribution in [0.4, 0.5) is 0 Å². The van der Waals surface area contributed by atoms with E-state index in [1.807, 2.05) is 12.1 Å². The van der Waals surface area contributed by atoms with Gasteiger partial charge in [-0.2, -0.15) is 0 Å². The van der Waals surface area contributed by atoms with Crippen molar-refractivity contribution in [3.8, 4) is 0 Å². The van der Waals surface area contributed by atoms with Gasteiger partial charge in [0, 0.05) is 16.5 Å². The Kier molecular flexibility index (Phi) is 6.50. The molecule has 4 nitrogen and oxygen atoms in total. The number of halogens is 1. The Morgan fingerprint density at radius 1 is 1.09 bits per heavy atom. The van der Waals surface area contributed by atoms with Gasteiger partial charge in [-0.15, -0.1) is 11.8 Å². The molecule has 1 N–H and O–H groups in total. The number of carbonyl (C=O) groups excluding carboxylic acids is 2. The van der Waals surface area contributed by atoms with Gasteiger partial charge >= 0.3 is 5.97 Å². The number of nitrogens with one attached hydrogen (secondary N) is 1. The normalized spacial score (nSPS) is 10.2. The van der Waals surface area contributed by atoms with E-state index >= 15 is 0 Å². The molecule has 0 bridgehead atoms. The third kappa shape index (κ3) is 5.62. The average molecular weight is 350 g/mol. The summed E-state index contributed by atoms with van der Waals surface area (Å²) >= 11 is 7.26. The number of ether oxygens (including phenoxy) is 1. The van der Waals surface area contributed by atoms with Crippen molar-refractivity contribution >= 4 is 35.2 Å². The Bertz CT molecular complexity index is 671. The maximum Gasteiger partial charge on any atom is 0.337 e. The lowest BCUT2D eigenvalue weighted by Gasteiger charge is -2.06. The molecule has 1 amide bonds. The molecule has 0 fully saturated rings. The molecule has 0 aliphatic rings. The lowest BCUT2D eigenvalue weighted by atomic mass is 10.1. The molecule has 2 aromatic rings. The van der Waals surface area contributed by atoms with Gasteiger partial charge in [-0.1, -0.05) is 23.7 Å². The summed E-state index contributed by atoms with van der Waals surface area (Å²) in [7, 11) is 1.34. The Balaban J connectivity index is 1.77. The number of hydrogen-bond donors (Lipinski definition) is 1. The average Bonchev–Trinajstić information content (AvgIpc) is 2.59. The standard InChI is InChI=1S/C17H16ClNO3S/c1-22-17(21)13-4-2-12(3-5-13)10-19-16(20)11-23-15-8-6-14(18)7-9-15/h2-9H,10-11H2,1H3,(H,19,20). The van der Waals surface area contributed by atoms with Crippen molar-refractivity contribution in [2.24, 2.45) is 0 Å². The molecule has 0 aliphatic heterocycles. The molecule has 0 saturated carbocycles. The first-order chi connectivity index (χ1) is 11.1. The topological polar surface area (TPSA) is 55.4 Å². The van der Waals surface area contributed by atoms with Gasteiger partial charge in [-0.3, -0.25) is 4.79 Å². The number of amides is 1. The molecule has 0 saturated heterocycles. The van der Waals surface area contributed by atoms with Crippen molar-refractivity contribution in [1.82, 2.24) is 5.32 Å². The van der Waals surface area contributed by atoms with Gasteiger partial charge in [0.1, 0.15) is 0 Å². The highest BCUT2D eigenvalue weighted by Gasteiger charge is 2.06. The molecule has 6 heteroatoms. The van der Waals surface area contributed by atoms with Crippen molar-refractivity contribution < 1.29 is 14.3 Å². The highest BCUT2D eigenvalue weighted by Crippen LogP contribution is 2.19. The second-order valence-electron chi connectivity index (χ2n) is 4.71. The van der Waals surface area contributed by atoms with Crippen LogP contribution in [0.25, 0.3) is 0 Å². The van der Waals surface area contributed by atoms with E-state index < -0.39 is 0 Å². The second-order valence-corrected chi connectivity index (χ2v) is 6.19. The van der Waals surface area contributed by atoms with Crippen LogP contribution in [0.3, 0.4) is 0 Å². The molecule has 0 heterocycles. The van der Waals surface area contributed by atoms with E-state index in [1.165, 1.54) is 18.9 Å². The van der Waals surface area contributed by atoms with Crippen molar-refractivity contribution in [1.29, 1.82) is 0 Å². The number of benzene rings is 2. The Morgan fingerprint density at radius 3 is 2.35 bits per heavy atom. The van der Waals surface area contributed by atoms with Gasteiger partial charge < -0.3 is 10.1 Å². The first-order valence-electron chi connectivity index (χ1n) is 6.91. The number of methoxy groups -OCH3 is 1. The largest absolute Gasteiger partial charge is 0.465 e. The van der Waals surface area contributed by atoms with Crippen molar-refractivity contribution in [3.05, 3.63) is 64.7 Å². The van der Waals surface area contributed by atoms with Crippen molar-refractivity contribution in [2.75, 3.05) is 12.9 Å². The maximum absolute atomic E-state index is 11.8. The van der Waals surface area contributed by atoms with E-state index in [0.29, 0.717) is 22.9 Å². The van der Waals surface area contributed by atoms with Crippen LogP contribution in [0.15, 0.2) is 53.4 Å². The van der Waals surface area contributed by atoms with Crippen molar-refractivity contribution in [2.45, 2.75) is 11.4 Å². The predicted molar refractivity (Wildman–Crippen MR) is 91.8 cm³/mol. The monoisotopic (exact) mass is 349 g/mol. The lowest BCUT2D eigenvalue weighted by Crippen LogP contribution is -2.24. The molecular weight excluding hydrogens is 334 g/mol. The Hall–Kier alpha value is -1.98. The summed E-state index contributed by atoms with van der Waals surface area (Å²) in [5.41, 5.74) is 1.41. The summed E-state index contributed by atoms with van der Waals surface area (Å²) in [5.74, 6) is -0.0936. The SMILES string of the molecule is COC(=O)c1ccc(CNC(=O)CSc2ccc(Cl)cc2)cc1. The minimum absolute atomic E-state index is 0.0537. The Labute approximate surface area is 144 Å². The van der Waals surface area contributed by atoms with Crippen LogP contribution in [-0.2, 0) is 16.1 Å². The molecule has 2 aromatic carbocycles. The fourth-order valence-corrected chi connectivity index (χ4v) is 2.66. The second kappa shape index (κ2) is 8.60. The van der Waals surface area contributed by atoms with Crippen LogP contribution in [0.2, 0.25) is 5.02 Å². The van der Waals surface area contributed by atoms with Gasteiger partial charge in [0.2, 0.25) is 5.91 Å². The third-order valence-corrected chi connectivity index (χ3v) is 4.31. The first kappa shape index (κ1) is 17.4. The number of carbonyl (C=O) groups is 2. The maximum atomic E-state index is 11.8. The highest BCUT2D eigenvalue weighted by atomic mass is 35.5. The van der Waals surface area contributed by atoms with Gasteiger partial charge in [-0.25, -0.2) is 4.79 Å². The first-order valence-corrected chi connectivity index (χ1v) is 8.27. The molecule has 2 rings (SSSR count). The smallest absolute Gasteiger partial charge is 0.337 e. The van der Waals surface area contributed by atoms with E-state index in [4.69, 9.17) is 11.6 Å². The molecule has 0 aliphatic carbocycles. The van der Waals surface area contributed by atoms with Crippen LogP contribution >= 0.6 is 23.4 Å². The summed E-state index contributed by atoms with van der Waals surface area (Å²) in [5, 5.41) is 3.52. The van der Waals surface area contributed by atoms with Crippen LogP contribution in [0, 0.1) is 0 Å². The van der Waals surface area contributed by atoms with E-state index in [1.54, 1.807) is 36.4 Å². The molecule has 120 valence electrons. The van der Waals surface area contributed by atoms with Crippen LogP contribution in [-0.4, -0.2) is 24.7 Å². The molecular formula is C17H16ClNO3S. The summed E-state index contributed by atoms with van der Waals surface area (Å²) in [6.45, 7) is 0.418. The molecule has 0 spiro atoms. The molecule has 0 atom stereocenters. The van der Waals surface area contributed by atoms with Crippen LogP contribution in [0.1, 0.15) is 15.9 Å². The number of hydrogen-bond acceptors (Lipinski definition) is 4. The fraction of sp³-hybridized carbons (Fsp3) is 0.176. The molecule has 0 unspecified atom stereocenters. The van der Waals surface area contributed by atoms with Gasteiger partial charge in [0.05, 0.1) is 18.4 Å². The molecule has 0 radical (unpaired) electrons. The van der Waals surface area contributed by atoms with Gasteiger partial charge in [-0.05, 0) is 42.0 Å². The number of thioether (sulfide) groups is 1. The zero-order chi connectivity index (χ0) is 16.7. The van der Waals surface area contributed by atoms with E-state index in [-0.39, 0.29) is 11.9 Å². The summed E-state index contributed by atoms with van der Waals surface area (Å²) in [4.78, 5) is 24.2. The van der Waals surface area contributed by atoms with Gasteiger partial charge in [0.15, 0.2) is 0 Å². The number of rotatable bonds is 6. The minimum atomic E-state index is -0.375. The van der Waals surface area contributed by atoms with E-state index in [2.05, 4.69) is 10.1 Å². The van der Waals surface area contributed by atoms with Crippen LogP contribution < -0.4 is 5.32 Å². The molecule has 23 heavy (non-hydrogen) atoms. The third-order valence-electron chi connectivity index (χ3n) is 3.05. The van der Waals surface area contributed by atoms with E-state index in [0.717, 1.165) is 10.5 Å². The highest BCUT2D eigenvalue weighted by molar-refractivity contribution is 8.00. The zero-order valence-electron chi connectivity index (χ0n) is 12.5. The number of esters is 1. The lowest BCUT2D eigenvalue weighted by molar-refractivity contribution is -0.118. The Morgan fingerprint density at radius 2 is 1.74 bits per heavy atom. The predicted octanol–water partition coefficient (Wildman–Crippen LogP) is 3.54. The zero-order valence-corrected chi connectivity index (χ0v) is 14.1. The van der Waals surface area contributed by atoms with Crippen molar-refractivity contribution in [3.63, 3.8) is 0 Å². The van der Waals surface area contributed by atoms with Gasteiger partial charge in [0.25, 0.3) is 0 Å². The van der Waals surface area contributed by atoms with E-state index in [9.17, 15) is 9.59 Å². The minimum Gasteiger partial charge on any atom is -0.465 e. The summed E-state index contributed by atoms with van der Waals surface area (Å²) in [6.07, 6.45) is 0. The van der Waals surface area contributed by atoms with Crippen LogP contribution in [0.5, 0.6) is 0 Å². The molecule has 0 aromatic heterocycles. The quantitative estimate of drug-likeness (QED) is 0.640. The summed E-state index contributed by atoms with van der Waals surface area (Å²) in [6, 6.07) is 14.3. The summed E-state index contributed by atoms with van der Waals surface area (Å²) < 4.78 is 4.64.